The molecular weight excluding hydrogens is 282 g/mol. The fraction of sp³-hybridized carbons (Fsp3) is 0. The summed E-state index contributed by atoms with van der Waals surface area (Å²) in [5, 5.41) is 3.71. The Labute approximate surface area is 128 Å². The molecule has 0 fully saturated rings. The Kier molecular flexibility index (Phi) is 3.75. The van der Waals surface area contributed by atoms with Crippen LogP contribution in [0.3, 0.4) is 0 Å². The molecule has 0 aliphatic heterocycles. The molecule has 0 aliphatic carbocycles. The van der Waals surface area contributed by atoms with E-state index in [0.717, 1.165) is 11.3 Å². The number of benzene rings is 2. The molecule has 3 nitrogen and oxygen atoms in total. The lowest BCUT2D eigenvalue weighted by Gasteiger charge is -2.09. The molecule has 0 aliphatic rings. The van der Waals surface area contributed by atoms with Crippen LogP contribution in [-0.4, -0.2) is 4.98 Å². The van der Waals surface area contributed by atoms with Crippen LogP contribution >= 0.6 is 11.6 Å². The van der Waals surface area contributed by atoms with Crippen molar-refractivity contribution >= 4 is 28.8 Å². The first-order valence-corrected chi connectivity index (χ1v) is 6.94. The van der Waals surface area contributed by atoms with Crippen molar-refractivity contribution in [1.82, 2.24) is 4.98 Å². The Morgan fingerprint density at radius 2 is 1.57 bits per heavy atom. The Hall–Kier alpha value is -2.52. The topological polar surface area (TPSA) is 50.9 Å². The molecular formula is C17H14ClN3. The summed E-state index contributed by atoms with van der Waals surface area (Å²) in [6, 6.07) is 20.0. The van der Waals surface area contributed by atoms with Gasteiger partial charge in [-0.25, -0.2) is 4.98 Å². The van der Waals surface area contributed by atoms with Crippen molar-refractivity contribution in [2.24, 2.45) is 0 Å². The third-order valence-electron chi connectivity index (χ3n) is 3.14. The van der Waals surface area contributed by atoms with Crippen LogP contribution in [0.2, 0.25) is 5.02 Å². The summed E-state index contributed by atoms with van der Waals surface area (Å²) in [6.45, 7) is 0. The smallest absolute Gasteiger partial charge is 0.153 e. The van der Waals surface area contributed by atoms with E-state index < -0.39 is 0 Å². The summed E-state index contributed by atoms with van der Waals surface area (Å²) in [6.07, 6.45) is 1.57. The van der Waals surface area contributed by atoms with Gasteiger partial charge in [0.05, 0.1) is 10.7 Å². The first-order chi connectivity index (χ1) is 10.2. The molecule has 0 atom stereocenters. The second kappa shape index (κ2) is 5.85. The van der Waals surface area contributed by atoms with Gasteiger partial charge in [-0.2, -0.15) is 0 Å². The molecule has 2 aromatic carbocycles. The summed E-state index contributed by atoms with van der Waals surface area (Å²) < 4.78 is 0. The highest BCUT2D eigenvalue weighted by atomic mass is 35.5. The van der Waals surface area contributed by atoms with Gasteiger partial charge in [-0.05, 0) is 29.3 Å². The standard InChI is InChI=1S/C17H14ClN3/c18-14-10-16(19)17(20-11-14)21-15-8-6-13(7-9-15)12-4-2-1-3-5-12/h1-11H,19H2,(H,20,21). The van der Waals surface area contributed by atoms with Gasteiger partial charge in [0.2, 0.25) is 0 Å². The molecule has 3 aromatic rings. The number of halogens is 1. The molecule has 3 rings (SSSR count). The third-order valence-corrected chi connectivity index (χ3v) is 3.35. The number of pyridine rings is 1. The van der Waals surface area contributed by atoms with Crippen LogP contribution in [-0.2, 0) is 0 Å². The molecule has 21 heavy (non-hydrogen) atoms. The molecule has 104 valence electrons. The fourth-order valence-electron chi connectivity index (χ4n) is 2.07. The Balaban J connectivity index is 1.81. The predicted molar refractivity (Wildman–Crippen MR) is 88.8 cm³/mol. The highest BCUT2D eigenvalue weighted by molar-refractivity contribution is 6.30. The SMILES string of the molecule is Nc1cc(Cl)cnc1Nc1ccc(-c2ccccc2)cc1. The van der Waals surface area contributed by atoms with Crippen molar-refractivity contribution in [2.45, 2.75) is 0 Å². The average Bonchev–Trinajstić information content (AvgIpc) is 2.52. The van der Waals surface area contributed by atoms with Crippen LogP contribution in [0.4, 0.5) is 17.2 Å². The van der Waals surface area contributed by atoms with Crippen LogP contribution < -0.4 is 11.1 Å². The Morgan fingerprint density at radius 1 is 0.905 bits per heavy atom. The van der Waals surface area contributed by atoms with Crippen LogP contribution in [0.15, 0.2) is 66.9 Å². The summed E-state index contributed by atoms with van der Waals surface area (Å²) in [5.41, 5.74) is 9.68. The number of hydrogen-bond donors (Lipinski definition) is 2. The van der Waals surface area contributed by atoms with Gasteiger partial charge in [-0.3, -0.25) is 0 Å². The highest BCUT2D eigenvalue weighted by Crippen LogP contribution is 2.25. The van der Waals surface area contributed by atoms with Crippen LogP contribution in [0.1, 0.15) is 0 Å². The largest absolute Gasteiger partial charge is 0.396 e. The zero-order chi connectivity index (χ0) is 14.7. The molecule has 3 N–H and O–H groups in total. The third kappa shape index (κ3) is 3.15. The lowest BCUT2D eigenvalue weighted by Crippen LogP contribution is -1.98. The van der Waals surface area contributed by atoms with E-state index in [-0.39, 0.29) is 0 Å². The monoisotopic (exact) mass is 295 g/mol. The van der Waals surface area contributed by atoms with Crippen LogP contribution in [0.5, 0.6) is 0 Å². The number of nitrogen functional groups attached to an aromatic ring is 1. The molecule has 0 bridgehead atoms. The first kappa shape index (κ1) is 13.5. The van der Waals surface area contributed by atoms with E-state index in [1.165, 1.54) is 5.56 Å². The van der Waals surface area contributed by atoms with Crippen LogP contribution in [0, 0.1) is 0 Å². The number of rotatable bonds is 3. The van der Waals surface area contributed by atoms with Gasteiger partial charge in [0.15, 0.2) is 5.82 Å². The quantitative estimate of drug-likeness (QED) is 0.734. The molecule has 0 spiro atoms. The zero-order valence-electron chi connectivity index (χ0n) is 11.3. The summed E-state index contributed by atoms with van der Waals surface area (Å²) >= 11 is 5.84. The summed E-state index contributed by atoms with van der Waals surface area (Å²) in [4.78, 5) is 4.19. The van der Waals surface area contributed by atoms with E-state index in [0.29, 0.717) is 16.5 Å². The number of hydrogen-bond acceptors (Lipinski definition) is 3. The van der Waals surface area contributed by atoms with Gasteiger partial charge in [0.25, 0.3) is 0 Å². The first-order valence-electron chi connectivity index (χ1n) is 6.56. The van der Waals surface area contributed by atoms with Gasteiger partial charge < -0.3 is 11.1 Å². The minimum Gasteiger partial charge on any atom is -0.396 e. The number of nitrogens with zero attached hydrogens (tertiary/aromatic N) is 1. The second-order valence-corrected chi connectivity index (χ2v) is 5.10. The van der Waals surface area contributed by atoms with E-state index in [1.54, 1.807) is 12.3 Å². The van der Waals surface area contributed by atoms with Gasteiger partial charge in [0, 0.05) is 11.9 Å². The fourth-order valence-corrected chi connectivity index (χ4v) is 2.24. The maximum atomic E-state index is 5.88. The van der Waals surface area contributed by atoms with E-state index in [4.69, 9.17) is 17.3 Å². The molecule has 4 heteroatoms. The second-order valence-electron chi connectivity index (χ2n) is 4.66. The van der Waals surface area contributed by atoms with Gasteiger partial charge in [-0.1, -0.05) is 54.1 Å². The van der Waals surface area contributed by atoms with Crippen molar-refractivity contribution in [3.8, 4) is 11.1 Å². The van der Waals surface area contributed by atoms with Crippen molar-refractivity contribution in [3.05, 3.63) is 71.9 Å². The predicted octanol–water partition coefficient (Wildman–Crippen LogP) is 4.73. The maximum Gasteiger partial charge on any atom is 0.153 e. The molecule has 0 radical (unpaired) electrons. The van der Waals surface area contributed by atoms with Crippen molar-refractivity contribution < 1.29 is 0 Å². The van der Waals surface area contributed by atoms with Crippen molar-refractivity contribution in [2.75, 3.05) is 11.1 Å². The van der Waals surface area contributed by atoms with Crippen molar-refractivity contribution in [1.29, 1.82) is 0 Å². The number of nitrogens with two attached hydrogens (primary N) is 1. The molecule has 0 unspecified atom stereocenters. The van der Waals surface area contributed by atoms with E-state index in [9.17, 15) is 0 Å². The van der Waals surface area contributed by atoms with Crippen LogP contribution in [0.25, 0.3) is 11.1 Å². The van der Waals surface area contributed by atoms with Gasteiger partial charge in [0.1, 0.15) is 0 Å². The number of anilines is 3. The van der Waals surface area contributed by atoms with Gasteiger partial charge in [-0.15, -0.1) is 0 Å². The average molecular weight is 296 g/mol. The summed E-state index contributed by atoms with van der Waals surface area (Å²) in [5.74, 6) is 0.604. The summed E-state index contributed by atoms with van der Waals surface area (Å²) in [7, 11) is 0. The minimum atomic E-state index is 0.523. The number of aromatic nitrogens is 1. The van der Waals surface area contributed by atoms with E-state index in [1.807, 2.05) is 30.3 Å². The van der Waals surface area contributed by atoms with E-state index in [2.05, 4.69) is 34.6 Å². The maximum absolute atomic E-state index is 5.88. The number of nitrogens with one attached hydrogen (secondary N) is 1. The lowest BCUT2D eigenvalue weighted by atomic mass is 10.1. The van der Waals surface area contributed by atoms with Gasteiger partial charge >= 0.3 is 0 Å². The molecule has 0 saturated carbocycles. The zero-order valence-corrected chi connectivity index (χ0v) is 12.0. The Morgan fingerprint density at radius 3 is 2.24 bits per heavy atom. The Bertz CT molecular complexity index is 740. The highest BCUT2D eigenvalue weighted by Gasteiger charge is 2.03. The van der Waals surface area contributed by atoms with Crippen molar-refractivity contribution in [3.63, 3.8) is 0 Å². The molecule has 1 aromatic heterocycles. The molecule has 1 heterocycles. The lowest BCUT2D eigenvalue weighted by molar-refractivity contribution is 1.31. The normalized spacial score (nSPS) is 10.3. The molecule has 0 saturated heterocycles. The minimum absolute atomic E-state index is 0.523. The van der Waals surface area contributed by atoms with E-state index >= 15 is 0 Å². The molecule has 0 amide bonds.